The normalized spacial score (nSPS) is 9.90. The number of rotatable bonds is 4. The molecule has 20 heavy (non-hydrogen) atoms. The molecule has 2 rings (SSSR count). The molecule has 3 nitrogen and oxygen atoms in total. The summed E-state index contributed by atoms with van der Waals surface area (Å²) >= 11 is 0. The van der Waals surface area contributed by atoms with Crippen molar-refractivity contribution in [3.05, 3.63) is 58.7 Å². The zero-order chi connectivity index (χ0) is 14.5. The van der Waals surface area contributed by atoms with Crippen LogP contribution < -0.4 is 10.1 Å². The summed E-state index contributed by atoms with van der Waals surface area (Å²) in [5.41, 5.74) is 5.17. The van der Waals surface area contributed by atoms with Crippen LogP contribution in [-0.4, -0.2) is 7.11 Å². The van der Waals surface area contributed by atoms with Gasteiger partial charge in [-0.05, 0) is 43.7 Å². The average molecular weight is 266 g/mol. The van der Waals surface area contributed by atoms with Crippen molar-refractivity contribution in [1.29, 1.82) is 5.26 Å². The third-order valence-electron chi connectivity index (χ3n) is 3.26. The second-order valence-corrected chi connectivity index (χ2v) is 4.81. The number of hydrogen-bond acceptors (Lipinski definition) is 3. The minimum atomic E-state index is 0.628. The minimum absolute atomic E-state index is 0.628. The lowest BCUT2D eigenvalue weighted by Crippen LogP contribution is -2.03. The van der Waals surface area contributed by atoms with Crippen molar-refractivity contribution in [3.8, 4) is 11.8 Å². The summed E-state index contributed by atoms with van der Waals surface area (Å²) in [5.74, 6) is 0.793. The van der Waals surface area contributed by atoms with E-state index in [-0.39, 0.29) is 0 Å². The lowest BCUT2D eigenvalue weighted by atomic mass is 10.1. The van der Waals surface area contributed by atoms with Gasteiger partial charge in [0.25, 0.3) is 0 Å². The number of nitrogens with zero attached hydrogens (tertiary/aromatic N) is 1. The van der Waals surface area contributed by atoms with Crippen molar-refractivity contribution < 1.29 is 4.74 Å². The average Bonchev–Trinajstić information content (AvgIpc) is 2.46. The second-order valence-electron chi connectivity index (χ2n) is 4.81. The quantitative estimate of drug-likeness (QED) is 0.915. The first-order valence-electron chi connectivity index (χ1n) is 6.52. The highest BCUT2D eigenvalue weighted by atomic mass is 16.5. The molecular weight excluding hydrogens is 248 g/mol. The Bertz CT molecular complexity index is 657. The van der Waals surface area contributed by atoms with E-state index in [1.807, 2.05) is 12.1 Å². The van der Waals surface area contributed by atoms with Gasteiger partial charge in [0.05, 0.1) is 18.7 Å². The number of methoxy groups -OCH3 is 1. The fourth-order valence-corrected chi connectivity index (χ4v) is 2.19. The molecule has 0 aliphatic carbocycles. The van der Waals surface area contributed by atoms with E-state index in [2.05, 4.69) is 43.4 Å². The molecule has 0 aromatic heterocycles. The van der Waals surface area contributed by atoms with Gasteiger partial charge in [-0.3, -0.25) is 0 Å². The van der Waals surface area contributed by atoms with Gasteiger partial charge in [0.1, 0.15) is 5.75 Å². The Morgan fingerprint density at radius 3 is 2.60 bits per heavy atom. The molecule has 0 aliphatic heterocycles. The number of hydrogen-bond donors (Lipinski definition) is 1. The Labute approximate surface area is 119 Å². The number of nitriles is 1. The molecule has 3 heteroatoms. The largest absolute Gasteiger partial charge is 0.496 e. The van der Waals surface area contributed by atoms with Gasteiger partial charge in [0, 0.05) is 17.8 Å². The molecule has 0 saturated heterocycles. The number of nitrogens with one attached hydrogen (secondary N) is 1. The Hall–Kier alpha value is -2.47. The number of ether oxygens (including phenoxy) is 1. The maximum atomic E-state index is 8.97. The van der Waals surface area contributed by atoms with Crippen LogP contribution in [-0.2, 0) is 6.54 Å². The molecule has 0 heterocycles. The molecule has 0 unspecified atom stereocenters. The van der Waals surface area contributed by atoms with Crippen LogP contribution in [0.3, 0.4) is 0 Å². The molecule has 0 spiro atoms. The SMILES string of the molecule is COc1ccc(C#N)cc1CNc1ccc(C)cc1C. The smallest absolute Gasteiger partial charge is 0.123 e. The van der Waals surface area contributed by atoms with Crippen molar-refractivity contribution in [3.63, 3.8) is 0 Å². The molecule has 0 radical (unpaired) electrons. The summed E-state index contributed by atoms with van der Waals surface area (Å²) < 4.78 is 5.33. The van der Waals surface area contributed by atoms with E-state index in [1.54, 1.807) is 13.2 Å². The van der Waals surface area contributed by atoms with Gasteiger partial charge in [-0.2, -0.15) is 5.26 Å². The van der Waals surface area contributed by atoms with Gasteiger partial charge in [-0.15, -0.1) is 0 Å². The lowest BCUT2D eigenvalue weighted by molar-refractivity contribution is 0.410. The second kappa shape index (κ2) is 6.12. The molecule has 102 valence electrons. The molecular formula is C17H18N2O. The summed E-state index contributed by atoms with van der Waals surface area (Å²) in [6.07, 6.45) is 0. The number of benzene rings is 2. The van der Waals surface area contributed by atoms with E-state index in [1.165, 1.54) is 11.1 Å². The van der Waals surface area contributed by atoms with Crippen molar-refractivity contribution >= 4 is 5.69 Å². The van der Waals surface area contributed by atoms with Gasteiger partial charge in [0.2, 0.25) is 0 Å². The van der Waals surface area contributed by atoms with Crippen molar-refractivity contribution in [2.45, 2.75) is 20.4 Å². The summed E-state index contributed by atoms with van der Waals surface area (Å²) in [5, 5.41) is 12.4. The monoisotopic (exact) mass is 266 g/mol. The van der Waals surface area contributed by atoms with Gasteiger partial charge >= 0.3 is 0 Å². The van der Waals surface area contributed by atoms with Gasteiger partial charge in [0.15, 0.2) is 0 Å². The van der Waals surface area contributed by atoms with Crippen LogP contribution >= 0.6 is 0 Å². The zero-order valence-corrected chi connectivity index (χ0v) is 12.0. The minimum Gasteiger partial charge on any atom is -0.496 e. The highest BCUT2D eigenvalue weighted by Gasteiger charge is 2.05. The molecule has 0 bridgehead atoms. The first-order chi connectivity index (χ1) is 9.63. The first-order valence-corrected chi connectivity index (χ1v) is 6.52. The summed E-state index contributed by atoms with van der Waals surface area (Å²) in [6.45, 7) is 4.79. The standard InChI is InChI=1S/C17H18N2O/c1-12-4-6-16(13(2)8-12)19-11-15-9-14(10-18)5-7-17(15)20-3/h4-9,19H,11H2,1-3H3. The van der Waals surface area contributed by atoms with Crippen molar-refractivity contribution in [2.24, 2.45) is 0 Å². The fourth-order valence-electron chi connectivity index (χ4n) is 2.19. The third kappa shape index (κ3) is 3.10. The van der Waals surface area contributed by atoms with Crippen LogP contribution in [0.2, 0.25) is 0 Å². The number of aryl methyl sites for hydroxylation is 2. The van der Waals surface area contributed by atoms with Crippen LogP contribution in [0.1, 0.15) is 22.3 Å². The van der Waals surface area contributed by atoms with E-state index in [9.17, 15) is 0 Å². The third-order valence-corrected chi connectivity index (χ3v) is 3.26. The van der Waals surface area contributed by atoms with Gasteiger partial charge in [-0.1, -0.05) is 17.7 Å². The molecule has 0 atom stereocenters. The molecule has 0 saturated carbocycles. The van der Waals surface area contributed by atoms with E-state index in [0.717, 1.165) is 17.0 Å². The highest BCUT2D eigenvalue weighted by Crippen LogP contribution is 2.22. The fraction of sp³-hybridized carbons (Fsp3) is 0.235. The summed E-state index contributed by atoms with van der Waals surface area (Å²) in [6, 6.07) is 13.9. The van der Waals surface area contributed by atoms with Gasteiger partial charge < -0.3 is 10.1 Å². The predicted molar refractivity (Wildman–Crippen MR) is 81.0 cm³/mol. The number of anilines is 1. The van der Waals surface area contributed by atoms with Crippen LogP contribution in [0.5, 0.6) is 5.75 Å². The van der Waals surface area contributed by atoms with E-state index in [4.69, 9.17) is 10.00 Å². The predicted octanol–water partition coefficient (Wildman–Crippen LogP) is 3.80. The molecule has 0 aliphatic rings. The molecule has 2 aromatic carbocycles. The Morgan fingerprint density at radius 2 is 1.95 bits per heavy atom. The van der Waals surface area contributed by atoms with E-state index < -0.39 is 0 Å². The van der Waals surface area contributed by atoms with Crippen LogP contribution in [0, 0.1) is 25.2 Å². The maximum Gasteiger partial charge on any atom is 0.123 e. The van der Waals surface area contributed by atoms with Gasteiger partial charge in [-0.25, -0.2) is 0 Å². The Balaban J connectivity index is 2.20. The van der Waals surface area contributed by atoms with E-state index >= 15 is 0 Å². The van der Waals surface area contributed by atoms with Crippen LogP contribution in [0.4, 0.5) is 5.69 Å². The molecule has 2 aromatic rings. The topological polar surface area (TPSA) is 45.0 Å². The highest BCUT2D eigenvalue weighted by molar-refractivity contribution is 5.53. The zero-order valence-electron chi connectivity index (χ0n) is 12.0. The van der Waals surface area contributed by atoms with Crippen LogP contribution in [0.25, 0.3) is 0 Å². The van der Waals surface area contributed by atoms with E-state index in [0.29, 0.717) is 12.1 Å². The Morgan fingerprint density at radius 1 is 1.15 bits per heavy atom. The van der Waals surface area contributed by atoms with Crippen LogP contribution in [0.15, 0.2) is 36.4 Å². The molecule has 0 amide bonds. The van der Waals surface area contributed by atoms with Crippen molar-refractivity contribution in [1.82, 2.24) is 0 Å². The van der Waals surface area contributed by atoms with Crippen molar-refractivity contribution in [2.75, 3.05) is 12.4 Å². The summed E-state index contributed by atoms with van der Waals surface area (Å²) in [4.78, 5) is 0. The molecule has 1 N–H and O–H groups in total. The Kier molecular flexibility index (Phi) is 4.27. The maximum absolute atomic E-state index is 8.97. The summed E-state index contributed by atoms with van der Waals surface area (Å²) in [7, 11) is 1.64. The lowest BCUT2D eigenvalue weighted by Gasteiger charge is -2.13. The molecule has 0 fully saturated rings. The first kappa shape index (κ1) is 14.0.